The summed E-state index contributed by atoms with van der Waals surface area (Å²) in [5, 5.41) is 14.6. The van der Waals surface area contributed by atoms with Crippen molar-refractivity contribution in [3.8, 4) is 11.3 Å². The van der Waals surface area contributed by atoms with Gasteiger partial charge >= 0.3 is 12.1 Å². The number of carbonyl (C=O) groups excluding carboxylic acids is 2. The van der Waals surface area contributed by atoms with Gasteiger partial charge in [-0.05, 0) is 93.7 Å². The fourth-order valence-corrected chi connectivity index (χ4v) is 5.54. The van der Waals surface area contributed by atoms with Gasteiger partial charge in [0.1, 0.15) is 23.8 Å². The average Bonchev–Trinajstić information content (AvgIpc) is 3.01. The third-order valence-electron chi connectivity index (χ3n) is 7.77. The Morgan fingerprint density at radius 2 is 1.91 bits per heavy atom. The predicted molar refractivity (Wildman–Crippen MR) is 162 cm³/mol. The summed E-state index contributed by atoms with van der Waals surface area (Å²) < 4.78 is 41.7. The Kier molecular flexibility index (Phi) is 10.7. The molecule has 13 heteroatoms. The van der Waals surface area contributed by atoms with Crippen molar-refractivity contribution in [3.63, 3.8) is 0 Å². The van der Waals surface area contributed by atoms with Crippen LogP contribution in [0.1, 0.15) is 55.9 Å². The molecule has 236 valence electrons. The average molecular weight is 631 g/mol. The molecule has 3 aromatic heterocycles. The highest BCUT2D eigenvalue weighted by atomic mass is 32.2. The van der Waals surface area contributed by atoms with Crippen LogP contribution >= 0.6 is 11.8 Å². The van der Waals surface area contributed by atoms with Gasteiger partial charge in [0, 0.05) is 29.3 Å². The number of thioether (sulfide) groups is 1. The summed E-state index contributed by atoms with van der Waals surface area (Å²) in [6.45, 7) is 3.73. The summed E-state index contributed by atoms with van der Waals surface area (Å²) in [5.74, 6) is 0.348. The zero-order chi connectivity index (χ0) is 31.9. The van der Waals surface area contributed by atoms with Crippen LogP contribution in [0.3, 0.4) is 0 Å². The van der Waals surface area contributed by atoms with Crippen LogP contribution in [0.25, 0.3) is 11.3 Å². The minimum absolute atomic E-state index is 0.145. The van der Waals surface area contributed by atoms with Gasteiger partial charge < -0.3 is 24.6 Å². The molecule has 0 aromatic carbocycles. The number of carbonyl (C=O) groups is 2. The highest BCUT2D eigenvalue weighted by Gasteiger charge is 2.50. The van der Waals surface area contributed by atoms with Gasteiger partial charge in [0.15, 0.2) is 0 Å². The third-order valence-corrected chi connectivity index (χ3v) is 8.35. The molecule has 0 spiro atoms. The lowest BCUT2D eigenvalue weighted by Gasteiger charge is -2.41. The number of hydrogen-bond acceptors (Lipinski definition) is 11. The van der Waals surface area contributed by atoms with E-state index in [1.54, 1.807) is 31.3 Å². The van der Waals surface area contributed by atoms with Gasteiger partial charge in [-0.25, -0.2) is 28.3 Å². The third kappa shape index (κ3) is 7.81. The van der Waals surface area contributed by atoms with E-state index in [2.05, 4.69) is 20.3 Å². The Hall–Kier alpha value is -3.84. The fourth-order valence-electron chi connectivity index (χ4n) is 5.29. The van der Waals surface area contributed by atoms with E-state index in [-0.39, 0.29) is 36.7 Å². The van der Waals surface area contributed by atoms with Crippen molar-refractivity contribution in [1.29, 1.82) is 0 Å². The molecule has 3 heterocycles. The van der Waals surface area contributed by atoms with E-state index >= 15 is 0 Å². The number of nitrogens with zero attached hydrogens (tertiary/aromatic N) is 3. The number of aryl methyl sites for hydroxylation is 1. The largest absolute Gasteiger partial charge is 0.509 e. The van der Waals surface area contributed by atoms with E-state index in [4.69, 9.17) is 14.2 Å². The number of nitrogens with one attached hydrogen (secondary N) is 1. The lowest BCUT2D eigenvalue weighted by Crippen LogP contribution is -2.49. The number of methoxy groups -OCH3 is 1. The van der Waals surface area contributed by atoms with Gasteiger partial charge in [0.05, 0.1) is 18.5 Å². The number of hydrogen-bond donors (Lipinski definition) is 2. The number of halogens is 2. The Morgan fingerprint density at radius 1 is 1.16 bits per heavy atom. The number of alkyl halides is 2. The Morgan fingerprint density at radius 3 is 2.55 bits per heavy atom. The maximum atomic E-state index is 13.1. The molecule has 0 unspecified atom stereocenters. The van der Waals surface area contributed by atoms with Crippen LogP contribution in [-0.4, -0.2) is 63.5 Å². The number of pyridine rings is 3. The van der Waals surface area contributed by atoms with Gasteiger partial charge in [0.2, 0.25) is 5.60 Å². The van der Waals surface area contributed by atoms with Crippen molar-refractivity contribution in [2.24, 2.45) is 5.92 Å². The summed E-state index contributed by atoms with van der Waals surface area (Å²) in [7, 11) is 1.24. The number of aromatic nitrogens is 3. The zero-order valence-corrected chi connectivity index (χ0v) is 25.8. The molecule has 1 atom stereocenters. The molecule has 10 nitrogen and oxygen atoms in total. The van der Waals surface area contributed by atoms with Crippen molar-refractivity contribution in [1.82, 2.24) is 15.0 Å². The molecule has 1 aliphatic rings. The Balaban J connectivity index is 1.46. The molecule has 1 aliphatic carbocycles. The predicted octanol–water partition coefficient (Wildman–Crippen LogP) is 6.35. The Labute approximate surface area is 258 Å². The first-order valence-electron chi connectivity index (χ1n) is 14.1. The molecule has 3 aromatic rings. The van der Waals surface area contributed by atoms with Crippen LogP contribution in [0.5, 0.6) is 0 Å². The lowest BCUT2D eigenvalue weighted by atomic mass is 9.71. The van der Waals surface area contributed by atoms with E-state index in [1.807, 2.05) is 19.2 Å². The fraction of sp³-hybridized carbons (Fsp3) is 0.452. The van der Waals surface area contributed by atoms with Gasteiger partial charge in [-0.1, -0.05) is 0 Å². The summed E-state index contributed by atoms with van der Waals surface area (Å²) in [6.07, 6.45) is 2.34. The topological polar surface area (TPSA) is 133 Å². The molecule has 1 fully saturated rings. The van der Waals surface area contributed by atoms with Crippen molar-refractivity contribution >= 4 is 35.5 Å². The lowest BCUT2D eigenvalue weighted by molar-refractivity contribution is -0.173. The second kappa shape index (κ2) is 14.3. The number of ether oxygens (including phenoxy) is 3. The SMILES string of the molecule is COC(=O)C1(OC(=O)OCCSC)CCC([C@@](C)(O)c2ccc(-c3cc(C)cc(Nc4cc(C(F)F)ccn4)n3)cn2)CC1. The van der Waals surface area contributed by atoms with E-state index in [0.717, 1.165) is 5.56 Å². The van der Waals surface area contributed by atoms with E-state index in [9.17, 15) is 23.5 Å². The molecule has 0 radical (unpaired) electrons. The van der Waals surface area contributed by atoms with Crippen LogP contribution in [-0.2, 0) is 24.6 Å². The summed E-state index contributed by atoms with van der Waals surface area (Å²) in [4.78, 5) is 38.2. The number of rotatable bonds is 11. The normalized spacial score (nSPS) is 19.6. The van der Waals surface area contributed by atoms with Crippen LogP contribution in [0.15, 0.2) is 48.8 Å². The van der Waals surface area contributed by atoms with Gasteiger partial charge in [0.25, 0.3) is 6.43 Å². The molecule has 2 N–H and O–H groups in total. The van der Waals surface area contributed by atoms with Crippen LogP contribution in [0, 0.1) is 12.8 Å². The van der Waals surface area contributed by atoms with Crippen molar-refractivity contribution in [2.75, 3.05) is 31.0 Å². The molecule has 4 rings (SSSR count). The first kappa shape index (κ1) is 33.1. The van der Waals surface area contributed by atoms with Crippen LogP contribution in [0.2, 0.25) is 0 Å². The molecule has 0 aliphatic heterocycles. The number of aliphatic hydroxyl groups is 1. The molecule has 0 saturated heterocycles. The quantitative estimate of drug-likeness (QED) is 0.181. The monoisotopic (exact) mass is 630 g/mol. The van der Waals surface area contributed by atoms with E-state index < -0.39 is 29.8 Å². The Bertz CT molecular complexity index is 1450. The number of anilines is 2. The van der Waals surface area contributed by atoms with Gasteiger partial charge in [-0.2, -0.15) is 11.8 Å². The molecule has 44 heavy (non-hydrogen) atoms. The maximum Gasteiger partial charge on any atom is 0.509 e. The van der Waals surface area contributed by atoms with Crippen molar-refractivity contribution < 1.29 is 37.7 Å². The first-order chi connectivity index (χ1) is 21.0. The van der Waals surface area contributed by atoms with E-state index in [1.165, 1.54) is 37.2 Å². The van der Waals surface area contributed by atoms with E-state index in [0.29, 0.717) is 41.4 Å². The van der Waals surface area contributed by atoms with Gasteiger partial charge in [-0.3, -0.25) is 4.98 Å². The second-order valence-corrected chi connectivity index (χ2v) is 11.8. The minimum Gasteiger partial charge on any atom is -0.466 e. The summed E-state index contributed by atoms with van der Waals surface area (Å²) >= 11 is 1.51. The standard InChI is InChI=1S/C31H36F2N4O6S/c1-19-15-23(36-26(16-19)37-25-17-20(27(32)33)9-12-34-25)21-5-6-24(35-18-21)30(2,40)22-7-10-31(11-8-22,28(38)41-3)43-29(39)42-13-14-44-4/h5-6,9,12,15-18,22,27,40H,7-8,10-11,13-14H2,1-4H3,(H,34,36,37)/t22?,30-,31?/m1/s1. The highest BCUT2D eigenvalue weighted by Crippen LogP contribution is 2.44. The summed E-state index contributed by atoms with van der Waals surface area (Å²) in [6, 6.07) is 9.70. The molecule has 1 saturated carbocycles. The highest BCUT2D eigenvalue weighted by molar-refractivity contribution is 7.98. The number of esters is 1. The second-order valence-electron chi connectivity index (χ2n) is 10.8. The summed E-state index contributed by atoms with van der Waals surface area (Å²) in [5.41, 5.74) is -0.362. The molecular formula is C31H36F2N4O6S. The van der Waals surface area contributed by atoms with Crippen molar-refractivity contribution in [3.05, 3.63) is 65.6 Å². The van der Waals surface area contributed by atoms with Crippen LogP contribution < -0.4 is 5.32 Å². The van der Waals surface area contributed by atoms with Crippen molar-refractivity contribution in [2.45, 2.75) is 57.2 Å². The smallest absolute Gasteiger partial charge is 0.466 e. The molecular weight excluding hydrogens is 594 g/mol. The maximum absolute atomic E-state index is 13.1. The minimum atomic E-state index is -2.61. The zero-order valence-electron chi connectivity index (χ0n) is 25.0. The molecule has 0 amide bonds. The van der Waals surface area contributed by atoms with Crippen LogP contribution in [0.4, 0.5) is 25.2 Å². The first-order valence-corrected chi connectivity index (χ1v) is 15.5. The van der Waals surface area contributed by atoms with Gasteiger partial charge in [-0.15, -0.1) is 0 Å². The molecule has 0 bridgehead atoms.